The minimum Gasteiger partial charge on any atom is -0.396 e. The second-order valence-corrected chi connectivity index (χ2v) is 6.05. The highest BCUT2D eigenvalue weighted by atomic mass is 32.2. The van der Waals surface area contributed by atoms with Gasteiger partial charge in [-0.2, -0.15) is 0 Å². The lowest BCUT2D eigenvalue weighted by atomic mass is 10.2. The van der Waals surface area contributed by atoms with Gasteiger partial charge in [-0.25, -0.2) is 13.1 Å². The largest absolute Gasteiger partial charge is 0.396 e. The van der Waals surface area contributed by atoms with E-state index < -0.39 is 16.1 Å². The third-order valence-electron chi connectivity index (χ3n) is 2.54. The van der Waals surface area contributed by atoms with Crippen LogP contribution in [0.5, 0.6) is 0 Å². The molecular formula is C12H20N2O4S. The molecule has 0 aliphatic carbocycles. The Bertz CT molecular complexity index is 444. The molecule has 108 valence electrons. The smallest absolute Gasteiger partial charge is 0.212 e. The second-order valence-electron chi connectivity index (χ2n) is 4.17. The van der Waals surface area contributed by atoms with Crippen LogP contribution in [0, 0.1) is 0 Å². The summed E-state index contributed by atoms with van der Waals surface area (Å²) in [6.07, 6.45) is 2.32. The van der Waals surface area contributed by atoms with Crippen LogP contribution in [0.25, 0.3) is 0 Å². The monoisotopic (exact) mass is 288 g/mol. The van der Waals surface area contributed by atoms with Crippen molar-refractivity contribution in [3.8, 4) is 0 Å². The predicted molar refractivity (Wildman–Crippen MR) is 72.2 cm³/mol. The van der Waals surface area contributed by atoms with Gasteiger partial charge in [0.25, 0.3) is 0 Å². The van der Waals surface area contributed by atoms with E-state index in [0.717, 1.165) is 5.69 Å². The molecule has 1 unspecified atom stereocenters. The maximum absolute atomic E-state index is 11.9. The highest BCUT2D eigenvalue weighted by Gasteiger charge is 2.17. The summed E-state index contributed by atoms with van der Waals surface area (Å²) in [6, 6.07) is 4.99. The maximum atomic E-state index is 11.9. The van der Waals surface area contributed by atoms with Crippen LogP contribution in [0.2, 0.25) is 0 Å². The molecule has 0 amide bonds. The van der Waals surface area contributed by atoms with E-state index in [0.29, 0.717) is 12.8 Å². The number of nitrogens with zero attached hydrogens (tertiary/aromatic N) is 1. The number of ether oxygens (including phenoxy) is 1. The number of hydrogen-bond acceptors (Lipinski definition) is 5. The second kappa shape index (κ2) is 8.21. The van der Waals surface area contributed by atoms with Crippen molar-refractivity contribution in [3.63, 3.8) is 0 Å². The third kappa shape index (κ3) is 6.63. The molecule has 1 rings (SSSR count). The Hall–Kier alpha value is -1.02. The van der Waals surface area contributed by atoms with Crippen molar-refractivity contribution in [3.05, 3.63) is 30.1 Å². The van der Waals surface area contributed by atoms with Gasteiger partial charge in [0, 0.05) is 38.1 Å². The number of hydrogen-bond donors (Lipinski definition) is 2. The minimum absolute atomic E-state index is 0.0321. The van der Waals surface area contributed by atoms with Crippen LogP contribution in [0.1, 0.15) is 12.1 Å². The third-order valence-corrected chi connectivity index (χ3v) is 3.98. The highest BCUT2D eigenvalue weighted by Crippen LogP contribution is 2.00. The summed E-state index contributed by atoms with van der Waals surface area (Å²) in [5.74, 6) is -0.0321. The van der Waals surface area contributed by atoms with Gasteiger partial charge < -0.3 is 9.84 Å². The van der Waals surface area contributed by atoms with E-state index in [2.05, 4.69) is 9.71 Å². The van der Waals surface area contributed by atoms with Crippen LogP contribution in [0.4, 0.5) is 0 Å². The molecule has 2 N–H and O–H groups in total. The minimum atomic E-state index is -3.40. The Morgan fingerprint density at radius 1 is 1.47 bits per heavy atom. The number of aliphatic hydroxyl groups is 1. The topological polar surface area (TPSA) is 88.5 Å². The van der Waals surface area contributed by atoms with Crippen molar-refractivity contribution in [1.82, 2.24) is 9.71 Å². The fraction of sp³-hybridized carbons (Fsp3) is 0.583. The zero-order valence-corrected chi connectivity index (χ0v) is 11.8. The summed E-state index contributed by atoms with van der Waals surface area (Å²) in [5.41, 5.74) is 0.735. The molecule has 0 saturated heterocycles. The van der Waals surface area contributed by atoms with Crippen LogP contribution < -0.4 is 4.72 Å². The Balaban J connectivity index is 2.50. The lowest BCUT2D eigenvalue weighted by molar-refractivity contribution is 0.158. The molecule has 1 atom stereocenters. The van der Waals surface area contributed by atoms with Crippen LogP contribution in [-0.2, 0) is 21.2 Å². The summed E-state index contributed by atoms with van der Waals surface area (Å²) in [5, 5.41) is 8.87. The number of methoxy groups -OCH3 is 1. The van der Waals surface area contributed by atoms with Crippen LogP contribution in [-0.4, -0.2) is 50.6 Å². The number of nitrogens with one attached hydrogen (secondary N) is 1. The van der Waals surface area contributed by atoms with Crippen molar-refractivity contribution in [2.75, 3.05) is 26.1 Å². The normalized spacial score (nSPS) is 13.4. The average Bonchev–Trinajstić information content (AvgIpc) is 2.38. The van der Waals surface area contributed by atoms with Gasteiger partial charge in [-0.05, 0) is 18.6 Å². The Morgan fingerprint density at radius 3 is 2.84 bits per heavy atom. The van der Waals surface area contributed by atoms with Crippen LogP contribution in [0.15, 0.2) is 24.4 Å². The summed E-state index contributed by atoms with van der Waals surface area (Å²) in [7, 11) is -1.91. The van der Waals surface area contributed by atoms with Gasteiger partial charge >= 0.3 is 0 Å². The molecule has 0 spiro atoms. The number of rotatable bonds is 9. The van der Waals surface area contributed by atoms with E-state index in [4.69, 9.17) is 9.84 Å². The fourth-order valence-corrected chi connectivity index (χ4v) is 2.92. The molecule has 0 aliphatic rings. The zero-order chi connectivity index (χ0) is 14.1. The number of aliphatic hydroxyl groups excluding tert-OH is 1. The summed E-state index contributed by atoms with van der Waals surface area (Å²) >= 11 is 0. The first-order valence-electron chi connectivity index (χ1n) is 6.07. The number of pyridine rings is 1. The molecule has 1 heterocycles. The lowest BCUT2D eigenvalue weighted by Gasteiger charge is -2.16. The van der Waals surface area contributed by atoms with Gasteiger partial charge in [0.15, 0.2) is 0 Å². The SMILES string of the molecule is COCC(CCO)NS(=O)(=O)CCc1ccccn1. The quantitative estimate of drug-likeness (QED) is 0.664. The van der Waals surface area contributed by atoms with Crippen molar-refractivity contribution in [2.45, 2.75) is 18.9 Å². The van der Waals surface area contributed by atoms with Crippen molar-refractivity contribution >= 4 is 10.0 Å². The van der Waals surface area contributed by atoms with Crippen molar-refractivity contribution < 1.29 is 18.3 Å². The van der Waals surface area contributed by atoms with Gasteiger partial charge in [-0.1, -0.05) is 6.07 Å². The summed E-state index contributed by atoms with van der Waals surface area (Å²) in [6.45, 7) is 0.153. The number of aryl methyl sites for hydroxylation is 1. The Kier molecular flexibility index (Phi) is 6.93. The molecule has 6 nitrogen and oxygen atoms in total. The van der Waals surface area contributed by atoms with Gasteiger partial charge in [0.2, 0.25) is 10.0 Å². The van der Waals surface area contributed by atoms with Crippen molar-refractivity contribution in [2.24, 2.45) is 0 Å². The standard InChI is InChI=1S/C12H20N2O4S/c1-18-10-12(5-8-15)14-19(16,17)9-6-11-4-2-3-7-13-11/h2-4,7,12,14-15H,5-6,8-10H2,1H3. The van der Waals surface area contributed by atoms with Gasteiger partial charge in [0.1, 0.15) is 0 Å². The average molecular weight is 288 g/mol. The summed E-state index contributed by atoms with van der Waals surface area (Å²) in [4.78, 5) is 4.08. The first-order valence-corrected chi connectivity index (χ1v) is 7.72. The van der Waals surface area contributed by atoms with Gasteiger partial charge in [-0.3, -0.25) is 4.98 Å². The highest BCUT2D eigenvalue weighted by molar-refractivity contribution is 7.89. The number of sulfonamides is 1. The van der Waals surface area contributed by atoms with Crippen LogP contribution >= 0.6 is 0 Å². The molecule has 0 bridgehead atoms. The molecule has 0 radical (unpaired) electrons. The maximum Gasteiger partial charge on any atom is 0.212 e. The summed E-state index contributed by atoms with van der Waals surface area (Å²) < 4.78 is 31.2. The van der Waals surface area contributed by atoms with Gasteiger partial charge in [-0.15, -0.1) is 0 Å². The number of aromatic nitrogens is 1. The van der Waals surface area contributed by atoms with Crippen LogP contribution in [0.3, 0.4) is 0 Å². The van der Waals surface area contributed by atoms with E-state index in [1.54, 1.807) is 18.3 Å². The molecule has 7 heteroatoms. The van der Waals surface area contributed by atoms with E-state index in [9.17, 15) is 8.42 Å². The van der Waals surface area contributed by atoms with E-state index >= 15 is 0 Å². The van der Waals surface area contributed by atoms with Gasteiger partial charge in [0.05, 0.1) is 12.4 Å². The zero-order valence-electron chi connectivity index (χ0n) is 10.9. The van der Waals surface area contributed by atoms with E-state index in [-0.39, 0.29) is 19.0 Å². The molecule has 1 aromatic heterocycles. The lowest BCUT2D eigenvalue weighted by Crippen LogP contribution is -2.40. The Labute approximate surface area is 113 Å². The predicted octanol–water partition coefficient (Wildman–Crippen LogP) is -0.0591. The molecule has 1 aromatic rings. The molecule has 0 aliphatic heterocycles. The molecule has 0 aromatic carbocycles. The van der Waals surface area contributed by atoms with Crippen molar-refractivity contribution in [1.29, 1.82) is 0 Å². The van der Waals surface area contributed by atoms with E-state index in [1.165, 1.54) is 7.11 Å². The molecular weight excluding hydrogens is 268 g/mol. The van der Waals surface area contributed by atoms with E-state index in [1.807, 2.05) is 6.07 Å². The molecule has 0 saturated carbocycles. The Morgan fingerprint density at radius 2 is 2.26 bits per heavy atom. The first kappa shape index (κ1) is 16.0. The molecule has 19 heavy (non-hydrogen) atoms. The fourth-order valence-electron chi connectivity index (χ4n) is 1.63. The first-order chi connectivity index (χ1) is 9.07. The molecule has 0 fully saturated rings.